The number of hydrogen-bond donors (Lipinski definition) is 1. The molecule has 0 spiro atoms. The van der Waals surface area contributed by atoms with Gasteiger partial charge >= 0.3 is 0 Å². The second-order valence-electron chi connectivity index (χ2n) is 5.27. The van der Waals surface area contributed by atoms with E-state index in [2.05, 4.69) is 0 Å². The number of anilines is 1. The molecule has 126 valence electrons. The average molecular weight is 338 g/mol. The van der Waals surface area contributed by atoms with Gasteiger partial charge in [-0.25, -0.2) is 0 Å². The lowest BCUT2D eigenvalue weighted by Gasteiger charge is -2.35. The Morgan fingerprint density at radius 1 is 1.39 bits per heavy atom. The van der Waals surface area contributed by atoms with Gasteiger partial charge in [-0.05, 0) is 30.6 Å². The maximum Gasteiger partial charge on any atom is 0.251 e. The first-order valence-corrected chi connectivity index (χ1v) is 8.87. The van der Waals surface area contributed by atoms with Gasteiger partial charge in [0.25, 0.3) is 5.91 Å². The molecule has 2 amide bonds. The second-order valence-corrected chi connectivity index (χ2v) is 6.26. The van der Waals surface area contributed by atoms with E-state index in [0.29, 0.717) is 36.7 Å². The molecule has 0 saturated carbocycles. The summed E-state index contributed by atoms with van der Waals surface area (Å²) in [7, 11) is 1.56. The Morgan fingerprint density at radius 3 is 2.78 bits per heavy atom. The van der Waals surface area contributed by atoms with Crippen molar-refractivity contribution >= 4 is 29.3 Å². The summed E-state index contributed by atoms with van der Waals surface area (Å²) < 4.78 is 5.29. The summed E-state index contributed by atoms with van der Waals surface area (Å²) in [5.74, 6) is 0.793. The Hall–Kier alpha value is -1.73. The Bertz CT molecular complexity index is 567. The molecule has 23 heavy (non-hydrogen) atoms. The van der Waals surface area contributed by atoms with Gasteiger partial charge in [0.05, 0.1) is 12.8 Å². The zero-order chi connectivity index (χ0) is 16.8. The molecule has 1 unspecified atom stereocenters. The van der Waals surface area contributed by atoms with Crippen molar-refractivity contribution in [3.8, 4) is 5.75 Å². The Labute approximate surface area is 140 Å². The Kier molecular flexibility index (Phi) is 6.29. The standard InChI is InChI=1S/C16H22N2O4S/c1-22-14-6-4-3-5-12(14)18-9-8-17(11-15(18)20)16(21)13(19)7-10-23-2/h3-6,13,19H,7-11H2,1-2H3. The lowest BCUT2D eigenvalue weighted by molar-refractivity contribution is -0.144. The maximum atomic E-state index is 12.4. The number of hydrogen-bond acceptors (Lipinski definition) is 5. The molecule has 1 aliphatic rings. The molecule has 0 bridgehead atoms. The number of aliphatic hydroxyl groups is 1. The summed E-state index contributed by atoms with van der Waals surface area (Å²) in [6.45, 7) is 0.770. The monoisotopic (exact) mass is 338 g/mol. The largest absolute Gasteiger partial charge is 0.495 e. The molecule has 7 heteroatoms. The highest BCUT2D eigenvalue weighted by molar-refractivity contribution is 7.98. The first-order valence-electron chi connectivity index (χ1n) is 7.47. The highest BCUT2D eigenvalue weighted by atomic mass is 32.2. The summed E-state index contributed by atoms with van der Waals surface area (Å²) >= 11 is 1.58. The van der Waals surface area contributed by atoms with Crippen LogP contribution < -0.4 is 9.64 Å². The van der Waals surface area contributed by atoms with Gasteiger partial charge in [-0.15, -0.1) is 0 Å². The number of rotatable bonds is 6. The van der Waals surface area contributed by atoms with Crippen LogP contribution in [0.5, 0.6) is 5.75 Å². The summed E-state index contributed by atoms with van der Waals surface area (Å²) in [6, 6.07) is 7.30. The highest BCUT2D eigenvalue weighted by Gasteiger charge is 2.31. The van der Waals surface area contributed by atoms with Crippen LogP contribution >= 0.6 is 11.8 Å². The summed E-state index contributed by atoms with van der Waals surface area (Å²) in [4.78, 5) is 27.6. The third-order valence-corrected chi connectivity index (χ3v) is 4.43. The minimum Gasteiger partial charge on any atom is -0.495 e. The number of aliphatic hydroxyl groups excluding tert-OH is 1. The van der Waals surface area contributed by atoms with E-state index < -0.39 is 6.10 Å². The lowest BCUT2D eigenvalue weighted by Crippen LogP contribution is -2.54. The van der Waals surface area contributed by atoms with E-state index in [-0.39, 0.29) is 18.4 Å². The Balaban J connectivity index is 2.02. The second kappa shape index (κ2) is 8.21. The van der Waals surface area contributed by atoms with Gasteiger partial charge in [0, 0.05) is 13.1 Å². The molecule has 1 aromatic rings. The minimum absolute atomic E-state index is 0.0206. The van der Waals surface area contributed by atoms with E-state index in [9.17, 15) is 14.7 Å². The van der Waals surface area contributed by atoms with E-state index in [4.69, 9.17) is 4.74 Å². The molecular formula is C16H22N2O4S. The normalized spacial score (nSPS) is 16.4. The van der Waals surface area contributed by atoms with Crippen LogP contribution in [0.25, 0.3) is 0 Å². The molecule has 1 aliphatic heterocycles. The number of benzene rings is 1. The molecule has 2 rings (SSSR count). The van der Waals surface area contributed by atoms with Crippen molar-refractivity contribution in [3.05, 3.63) is 24.3 Å². The first-order chi connectivity index (χ1) is 11.1. The van der Waals surface area contributed by atoms with Crippen molar-refractivity contribution in [2.75, 3.05) is 43.7 Å². The fourth-order valence-corrected chi connectivity index (χ4v) is 2.99. The fraction of sp³-hybridized carbons (Fsp3) is 0.500. The average Bonchev–Trinajstić information content (AvgIpc) is 2.58. The van der Waals surface area contributed by atoms with Crippen LogP contribution in [0.4, 0.5) is 5.69 Å². The van der Waals surface area contributed by atoms with E-state index in [1.54, 1.807) is 29.8 Å². The lowest BCUT2D eigenvalue weighted by atomic mass is 10.2. The zero-order valence-corrected chi connectivity index (χ0v) is 14.2. The van der Waals surface area contributed by atoms with Crippen LogP contribution in [0.2, 0.25) is 0 Å². The molecule has 1 fully saturated rings. The number of amides is 2. The Morgan fingerprint density at radius 2 is 2.13 bits per heavy atom. The van der Waals surface area contributed by atoms with Crippen LogP contribution in [0, 0.1) is 0 Å². The first kappa shape index (κ1) is 17.6. The van der Waals surface area contributed by atoms with Crippen molar-refractivity contribution in [1.82, 2.24) is 4.90 Å². The minimum atomic E-state index is -1.03. The molecule has 0 aliphatic carbocycles. The number of nitrogens with zero attached hydrogens (tertiary/aromatic N) is 2. The van der Waals surface area contributed by atoms with Crippen molar-refractivity contribution in [3.63, 3.8) is 0 Å². The number of carbonyl (C=O) groups is 2. The van der Waals surface area contributed by atoms with E-state index in [1.165, 1.54) is 4.90 Å². The molecule has 6 nitrogen and oxygen atoms in total. The van der Waals surface area contributed by atoms with E-state index in [0.717, 1.165) is 0 Å². The zero-order valence-electron chi connectivity index (χ0n) is 13.4. The van der Waals surface area contributed by atoms with Crippen molar-refractivity contribution in [1.29, 1.82) is 0 Å². The third kappa shape index (κ3) is 4.17. The number of carbonyl (C=O) groups excluding carboxylic acids is 2. The molecule has 0 radical (unpaired) electrons. The molecule has 1 saturated heterocycles. The number of piperazine rings is 1. The van der Waals surface area contributed by atoms with Gasteiger partial charge in [-0.3, -0.25) is 9.59 Å². The van der Waals surface area contributed by atoms with Crippen molar-refractivity contribution in [2.45, 2.75) is 12.5 Å². The molecular weight excluding hydrogens is 316 g/mol. The van der Waals surface area contributed by atoms with Crippen LogP contribution in [0.3, 0.4) is 0 Å². The van der Waals surface area contributed by atoms with E-state index >= 15 is 0 Å². The number of methoxy groups -OCH3 is 1. The summed E-state index contributed by atoms with van der Waals surface area (Å²) in [6.07, 6.45) is 1.29. The predicted molar refractivity (Wildman–Crippen MR) is 90.9 cm³/mol. The van der Waals surface area contributed by atoms with Gasteiger partial charge in [-0.1, -0.05) is 12.1 Å². The molecule has 1 N–H and O–H groups in total. The van der Waals surface area contributed by atoms with Gasteiger partial charge < -0.3 is 19.6 Å². The number of thioether (sulfide) groups is 1. The summed E-state index contributed by atoms with van der Waals surface area (Å²) in [5.41, 5.74) is 0.704. The predicted octanol–water partition coefficient (Wildman–Crippen LogP) is 0.984. The molecule has 0 aromatic heterocycles. The third-order valence-electron chi connectivity index (χ3n) is 3.79. The van der Waals surface area contributed by atoms with Gasteiger partial charge in [-0.2, -0.15) is 11.8 Å². The molecule has 1 heterocycles. The number of ether oxygens (including phenoxy) is 1. The van der Waals surface area contributed by atoms with Crippen LogP contribution in [0.1, 0.15) is 6.42 Å². The van der Waals surface area contributed by atoms with E-state index in [1.807, 2.05) is 24.5 Å². The summed E-state index contributed by atoms with van der Waals surface area (Å²) in [5, 5.41) is 9.90. The highest BCUT2D eigenvalue weighted by Crippen LogP contribution is 2.28. The fourth-order valence-electron chi connectivity index (χ4n) is 2.53. The molecule has 1 atom stereocenters. The quantitative estimate of drug-likeness (QED) is 0.837. The SMILES string of the molecule is COc1ccccc1N1CCN(C(=O)C(O)CCSC)CC1=O. The van der Waals surface area contributed by atoms with Gasteiger partial charge in [0.1, 0.15) is 18.4 Å². The maximum absolute atomic E-state index is 12.4. The van der Waals surface area contributed by atoms with Gasteiger partial charge in [0.2, 0.25) is 5.91 Å². The van der Waals surface area contributed by atoms with Gasteiger partial charge in [0.15, 0.2) is 0 Å². The van der Waals surface area contributed by atoms with Crippen LogP contribution in [-0.2, 0) is 9.59 Å². The topological polar surface area (TPSA) is 70.1 Å². The van der Waals surface area contributed by atoms with Crippen molar-refractivity contribution in [2.24, 2.45) is 0 Å². The smallest absolute Gasteiger partial charge is 0.251 e. The number of para-hydroxylation sites is 2. The van der Waals surface area contributed by atoms with Crippen LogP contribution in [-0.4, -0.2) is 66.7 Å². The molecule has 1 aromatic carbocycles. The van der Waals surface area contributed by atoms with Crippen molar-refractivity contribution < 1.29 is 19.4 Å². The van der Waals surface area contributed by atoms with Crippen LogP contribution in [0.15, 0.2) is 24.3 Å².